The first-order chi connectivity index (χ1) is 5.15. The average molecular weight is 150 g/mol. The minimum atomic E-state index is 0.824. The monoisotopic (exact) mass is 150 g/mol. The topological polar surface area (TPSA) is 38.0 Å². The fourth-order valence-electron chi connectivity index (χ4n) is 1.34. The number of anilines is 2. The molecule has 0 radical (unpaired) electrons. The normalized spacial score (nSPS) is 9.73. The van der Waals surface area contributed by atoms with Crippen molar-refractivity contribution in [3.05, 3.63) is 23.3 Å². The zero-order chi connectivity index (χ0) is 8.43. The largest absolute Gasteiger partial charge is 0.397 e. The Kier molecular flexibility index (Phi) is 2.03. The molecule has 1 rings (SSSR count). The molecule has 2 nitrogen and oxygen atoms in total. The molecule has 0 aliphatic rings. The molecule has 3 N–H and O–H groups in total. The molecule has 0 aliphatic carbocycles. The third-order valence-electron chi connectivity index (χ3n) is 1.76. The first-order valence-corrected chi connectivity index (χ1v) is 3.69. The quantitative estimate of drug-likeness (QED) is 0.600. The van der Waals surface area contributed by atoms with Crippen molar-refractivity contribution in [3.8, 4) is 0 Å². The van der Waals surface area contributed by atoms with Crippen LogP contribution in [-0.2, 0) is 0 Å². The van der Waals surface area contributed by atoms with Gasteiger partial charge in [-0.2, -0.15) is 0 Å². The fraction of sp³-hybridized carbons (Fsp3) is 0.333. The van der Waals surface area contributed by atoms with Crippen molar-refractivity contribution in [3.63, 3.8) is 0 Å². The molecule has 1 aromatic carbocycles. The van der Waals surface area contributed by atoms with Crippen LogP contribution in [0, 0.1) is 13.8 Å². The van der Waals surface area contributed by atoms with Crippen LogP contribution in [-0.4, -0.2) is 7.05 Å². The molecule has 0 spiro atoms. The van der Waals surface area contributed by atoms with Gasteiger partial charge in [0.15, 0.2) is 0 Å². The van der Waals surface area contributed by atoms with Crippen LogP contribution in [0.3, 0.4) is 0 Å². The highest BCUT2D eigenvalue weighted by Crippen LogP contribution is 2.23. The minimum absolute atomic E-state index is 0.824. The molecule has 0 aromatic heterocycles. The van der Waals surface area contributed by atoms with Gasteiger partial charge >= 0.3 is 0 Å². The Hall–Kier alpha value is -1.18. The van der Waals surface area contributed by atoms with E-state index in [9.17, 15) is 0 Å². The Labute approximate surface area is 67.4 Å². The highest BCUT2D eigenvalue weighted by Gasteiger charge is 2.00. The second kappa shape index (κ2) is 2.82. The van der Waals surface area contributed by atoms with Crippen LogP contribution in [0.2, 0.25) is 0 Å². The SMILES string of the molecule is CNc1c(C)cc(C)cc1N. The van der Waals surface area contributed by atoms with Crippen molar-refractivity contribution in [2.45, 2.75) is 13.8 Å². The first kappa shape index (κ1) is 7.92. The molecule has 0 heterocycles. The van der Waals surface area contributed by atoms with Crippen LogP contribution in [0.5, 0.6) is 0 Å². The predicted molar refractivity (Wildman–Crippen MR) is 49.9 cm³/mol. The van der Waals surface area contributed by atoms with Crippen LogP contribution in [0.15, 0.2) is 12.1 Å². The maximum atomic E-state index is 5.77. The Balaban J connectivity index is 3.25. The molecule has 0 saturated heterocycles. The molecular weight excluding hydrogens is 136 g/mol. The third-order valence-corrected chi connectivity index (χ3v) is 1.76. The van der Waals surface area contributed by atoms with E-state index in [1.807, 2.05) is 20.0 Å². The lowest BCUT2D eigenvalue weighted by molar-refractivity contribution is 1.36. The summed E-state index contributed by atoms with van der Waals surface area (Å²) < 4.78 is 0. The second-order valence-corrected chi connectivity index (χ2v) is 2.80. The molecule has 0 unspecified atom stereocenters. The number of rotatable bonds is 1. The van der Waals surface area contributed by atoms with Gasteiger partial charge in [-0.15, -0.1) is 0 Å². The lowest BCUT2D eigenvalue weighted by atomic mass is 10.1. The van der Waals surface area contributed by atoms with E-state index in [0.717, 1.165) is 11.4 Å². The summed E-state index contributed by atoms with van der Waals surface area (Å²) in [6, 6.07) is 4.08. The first-order valence-electron chi connectivity index (χ1n) is 3.69. The van der Waals surface area contributed by atoms with Gasteiger partial charge in [0.2, 0.25) is 0 Å². The number of nitrogens with one attached hydrogen (secondary N) is 1. The van der Waals surface area contributed by atoms with Crippen molar-refractivity contribution >= 4 is 11.4 Å². The third kappa shape index (κ3) is 1.45. The maximum absolute atomic E-state index is 5.77. The molecule has 60 valence electrons. The Morgan fingerprint density at radius 3 is 2.36 bits per heavy atom. The van der Waals surface area contributed by atoms with E-state index in [-0.39, 0.29) is 0 Å². The summed E-state index contributed by atoms with van der Waals surface area (Å²) in [6.07, 6.45) is 0. The molecule has 11 heavy (non-hydrogen) atoms. The molecule has 0 amide bonds. The van der Waals surface area contributed by atoms with Crippen LogP contribution >= 0.6 is 0 Å². The zero-order valence-electron chi connectivity index (χ0n) is 7.23. The average Bonchev–Trinajstić information content (AvgIpc) is 1.85. The van der Waals surface area contributed by atoms with Crippen molar-refractivity contribution < 1.29 is 0 Å². The summed E-state index contributed by atoms with van der Waals surface area (Å²) in [5.74, 6) is 0. The van der Waals surface area contributed by atoms with Crippen molar-refractivity contribution in [1.29, 1.82) is 0 Å². The second-order valence-electron chi connectivity index (χ2n) is 2.80. The van der Waals surface area contributed by atoms with Gasteiger partial charge in [0, 0.05) is 7.05 Å². The lowest BCUT2D eigenvalue weighted by Crippen LogP contribution is -1.98. The van der Waals surface area contributed by atoms with Crippen molar-refractivity contribution in [2.24, 2.45) is 0 Å². The zero-order valence-corrected chi connectivity index (χ0v) is 7.23. The predicted octanol–water partition coefficient (Wildman–Crippen LogP) is 1.93. The number of benzene rings is 1. The van der Waals surface area contributed by atoms with Crippen LogP contribution in [0.1, 0.15) is 11.1 Å². The maximum Gasteiger partial charge on any atom is 0.0601 e. The number of hydrogen-bond donors (Lipinski definition) is 2. The molecule has 0 saturated carbocycles. The Bertz CT molecular complexity index is 243. The standard InChI is InChI=1S/C9H14N2/c1-6-4-7(2)9(11-3)8(10)5-6/h4-5,11H,10H2,1-3H3. The number of aryl methyl sites for hydroxylation is 2. The summed E-state index contributed by atoms with van der Waals surface area (Å²) in [5.41, 5.74) is 10.0. The fourth-order valence-corrected chi connectivity index (χ4v) is 1.34. The summed E-state index contributed by atoms with van der Waals surface area (Å²) in [4.78, 5) is 0. The van der Waals surface area contributed by atoms with Crippen molar-refractivity contribution in [1.82, 2.24) is 0 Å². The van der Waals surface area contributed by atoms with E-state index >= 15 is 0 Å². The van der Waals surface area contributed by atoms with Gasteiger partial charge in [0.25, 0.3) is 0 Å². The highest BCUT2D eigenvalue weighted by atomic mass is 14.9. The molecule has 2 heteroatoms. The van der Waals surface area contributed by atoms with E-state index in [4.69, 9.17) is 5.73 Å². The van der Waals surface area contributed by atoms with Crippen molar-refractivity contribution in [2.75, 3.05) is 18.1 Å². The molecule has 0 fully saturated rings. The van der Waals surface area contributed by atoms with E-state index in [2.05, 4.69) is 18.3 Å². The lowest BCUT2D eigenvalue weighted by Gasteiger charge is -2.09. The molecular formula is C9H14N2. The molecule has 1 aromatic rings. The smallest absolute Gasteiger partial charge is 0.0601 e. The van der Waals surface area contributed by atoms with Crippen LogP contribution in [0.4, 0.5) is 11.4 Å². The summed E-state index contributed by atoms with van der Waals surface area (Å²) in [6.45, 7) is 4.10. The van der Waals surface area contributed by atoms with E-state index in [1.54, 1.807) is 0 Å². The van der Waals surface area contributed by atoms with Crippen LogP contribution in [0.25, 0.3) is 0 Å². The van der Waals surface area contributed by atoms with Gasteiger partial charge in [-0.1, -0.05) is 6.07 Å². The van der Waals surface area contributed by atoms with Gasteiger partial charge < -0.3 is 11.1 Å². The Morgan fingerprint density at radius 1 is 1.27 bits per heavy atom. The highest BCUT2D eigenvalue weighted by molar-refractivity contribution is 5.70. The summed E-state index contributed by atoms with van der Waals surface area (Å²) in [7, 11) is 1.88. The van der Waals surface area contributed by atoms with Gasteiger partial charge in [-0.05, 0) is 31.0 Å². The number of nitrogen functional groups attached to an aromatic ring is 1. The Morgan fingerprint density at radius 2 is 1.91 bits per heavy atom. The molecule has 0 aliphatic heterocycles. The van der Waals surface area contributed by atoms with Gasteiger partial charge in [0.1, 0.15) is 0 Å². The van der Waals surface area contributed by atoms with Crippen LogP contribution < -0.4 is 11.1 Å². The van der Waals surface area contributed by atoms with E-state index in [1.165, 1.54) is 11.1 Å². The number of nitrogens with two attached hydrogens (primary N) is 1. The van der Waals surface area contributed by atoms with E-state index < -0.39 is 0 Å². The van der Waals surface area contributed by atoms with Gasteiger partial charge in [0.05, 0.1) is 11.4 Å². The summed E-state index contributed by atoms with van der Waals surface area (Å²) >= 11 is 0. The minimum Gasteiger partial charge on any atom is -0.397 e. The number of hydrogen-bond acceptors (Lipinski definition) is 2. The molecule has 0 bridgehead atoms. The summed E-state index contributed by atoms with van der Waals surface area (Å²) in [5, 5.41) is 3.07. The molecule has 0 atom stereocenters. The van der Waals surface area contributed by atoms with Gasteiger partial charge in [-0.3, -0.25) is 0 Å². The van der Waals surface area contributed by atoms with Gasteiger partial charge in [-0.25, -0.2) is 0 Å². The van der Waals surface area contributed by atoms with E-state index in [0.29, 0.717) is 0 Å².